The molecule has 0 aromatic rings. The van der Waals surface area contributed by atoms with E-state index in [2.05, 4.69) is 40.9 Å². The van der Waals surface area contributed by atoms with Crippen LogP contribution < -0.4 is 5.32 Å². The third kappa shape index (κ3) is 5.96. The highest BCUT2D eigenvalue weighted by atomic mass is 15.3. The first-order valence-corrected chi connectivity index (χ1v) is 9.70. The second-order valence-electron chi connectivity index (χ2n) is 7.02. The molecule has 2 aliphatic rings. The molecule has 5 nitrogen and oxygen atoms in total. The van der Waals surface area contributed by atoms with Gasteiger partial charge in [0.05, 0.1) is 6.54 Å². The number of rotatable bonds is 8. The largest absolute Gasteiger partial charge is 0.357 e. The summed E-state index contributed by atoms with van der Waals surface area (Å²) in [6.07, 6.45) is 6.61. The quantitative estimate of drug-likeness (QED) is 0.546. The molecule has 2 fully saturated rings. The molecule has 0 spiro atoms. The smallest absolute Gasteiger partial charge is 0.194 e. The van der Waals surface area contributed by atoms with Gasteiger partial charge in [-0.15, -0.1) is 0 Å². The second-order valence-corrected chi connectivity index (χ2v) is 7.02. The van der Waals surface area contributed by atoms with Crippen LogP contribution in [-0.4, -0.2) is 86.1 Å². The minimum atomic E-state index is 0.744. The molecular formula is C18H37N5. The molecule has 2 aliphatic heterocycles. The standard InChI is InChI=1S/C18H37N5/c1-4-6-11-21(3)15-10-20-18(19-5-2)23-14-9-17(16-23)22-12-7-8-13-22/h17H,4-16H2,1-3H3,(H,19,20). The zero-order valence-electron chi connectivity index (χ0n) is 15.6. The predicted molar refractivity (Wildman–Crippen MR) is 99.2 cm³/mol. The van der Waals surface area contributed by atoms with Crippen LogP contribution in [0.25, 0.3) is 0 Å². The number of aliphatic imine (C=N–C) groups is 1. The number of guanidine groups is 1. The highest BCUT2D eigenvalue weighted by molar-refractivity contribution is 5.80. The van der Waals surface area contributed by atoms with E-state index in [0.29, 0.717) is 0 Å². The second kappa shape index (κ2) is 10.1. The monoisotopic (exact) mass is 323 g/mol. The van der Waals surface area contributed by atoms with Gasteiger partial charge in [0, 0.05) is 32.2 Å². The van der Waals surface area contributed by atoms with Crippen molar-refractivity contribution in [3.8, 4) is 0 Å². The number of unbranched alkanes of at least 4 members (excludes halogenated alkanes) is 1. The van der Waals surface area contributed by atoms with Crippen molar-refractivity contribution in [2.75, 3.05) is 59.4 Å². The van der Waals surface area contributed by atoms with Gasteiger partial charge in [-0.2, -0.15) is 0 Å². The lowest BCUT2D eigenvalue weighted by molar-refractivity contribution is 0.249. The number of likely N-dealkylation sites (tertiary alicyclic amines) is 2. The van der Waals surface area contributed by atoms with Crippen LogP contribution in [-0.2, 0) is 0 Å². The van der Waals surface area contributed by atoms with Crippen LogP contribution in [0.5, 0.6) is 0 Å². The van der Waals surface area contributed by atoms with Gasteiger partial charge in [0.1, 0.15) is 0 Å². The van der Waals surface area contributed by atoms with Crippen molar-refractivity contribution in [2.45, 2.75) is 52.0 Å². The maximum absolute atomic E-state index is 4.88. The zero-order chi connectivity index (χ0) is 16.5. The van der Waals surface area contributed by atoms with E-state index in [0.717, 1.165) is 44.7 Å². The molecule has 23 heavy (non-hydrogen) atoms. The van der Waals surface area contributed by atoms with E-state index in [1.54, 1.807) is 0 Å². The minimum absolute atomic E-state index is 0.744. The Morgan fingerprint density at radius 3 is 2.65 bits per heavy atom. The number of likely N-dealkylation sites (N-methyl/N-ethyl adjacent to an activating group) is 1. The Bertz CT molecular complexity index is 351. The van der Waals surface area contributed by atoms with Gasteiger partial charge in [-0.3, -0.25) is 9.89 Å². The van der Waals surface area contributed by atoms with Gasteiger partial charge in [-0.25, -0.2) is 0 Å². The molecule has 0 aliphatic carbocycles. The fraction of sp³-hybridized carbons (Fsp3) is 0.944. The lowest BCUT2D eigenvalue weighted by atomic mass is 10.2. The van der Waals surface area contributed by atoms with Gasteiger partial charge in [-0.1, -0.05) is 13.3 Å². The summed E-state index contributed by atoms with van der Waals surface area (Å²) in [5.41, 5.74) is 0. The molecule has 5 heteroatoms. The topological polar surface area (TPSA) is 34.1 Å². The summed E-state index contributed by atoms with van der Waals surface area (Å²) >= 11 is 0. The molecule has 0 aromatic heterocycles. The molecule has 1 unspecified atom stereocenters. The fourth-order valence-electron chi connectivity index (χ4n) is 3.63. The Morgan fingerprint density at radius 1 is 1.17 bits per heavy atom. The number of hydrogen-bond donors (Lipinski definition) is 1. The first-order chi connectivity index (χ1) is 11.2. The van der Waals surface area contributed by atoms with Gasteiger partial charge in [-0.05, 0) is 59.3 Å². The average Bonchev–Trinajstić information content (AvgIpc) is 3.22. The predicted octanol–water partition coefficient (Wildman–Crippen LogP) is 1.85. The summed E-state index contributed by atoms with van der Waals surface area (Å²) in [5.74, 6) is 1.12. The van der Waals surface area contributed by atoms with Crippen molar-refractivity contribution < 1.29 is 0 Å². The van der Waals surface area contributed by atoms with Crippen molar-refractivity contribution in [3.63, 3.8) is 0 Å². The highest BCUT2D eigenvalue weighted by Crippen LogP contribution is 2.20. The first kappa shape index (κ1) is 18.5. The van der Waals surface area contributed by atoms with Gasteiger partial charge in [0.2, 0.25) is 0 Å². The third-order valence-corrected chi connectivity index (χ3v) is 5.09. The molecule has 2 rings (SSSR count). The molecule has 0 amide bonds. The van der Waals surface area contributed by atoms with E-state index in [9.17, 15) is 0 Å². The number of nitrogens with zero attached hydrogens (tertiary/aromatic N) is 4. The summed E-state index contributed by atoms with van der Waals surface area (Å²) in [4.78, 5) is 12.4. The maximum Gasteiger partial charge on any atom is 0.194 e. The van der Waals surface area contributed by atoms with E-state index in [4.69, 9.17) is 4.99 Å². The molecule has 1 N–H and O–H groups in total. The summed E-state index contributed by atoms with van der Waals surface area (Å²) in [6.45, 7) is 13.4. The van der Waals surface area contributed by atoms with Gasteiger partial charge in [0.25, 0.3) is 0 Å². The Hall–Kier alpha value is -0.810. The number of nitrogens with one attached hydrogen (secondary N) is 1. The number of hydrogen-bond acceptors (Lipinski definition) is 3. The van der Waals surface area contributed by atoms with Crippen molar-refractivity contribution in [3.05, 3.63) is 0 Å². The molecule has 2 heterocycles. The summed E-state index contributed by atoms with van der Waals surface area (Å²) < 4.78 is 0. The molecule has 134 valence electrons. The molecular weight excluding hydrogens is 286 g/mol. The van der Waals surface area contributed by atoms with E-state index >= 15 is 0 Å². The van der Waals surface area contributed by atoms with Gasteiger partial charge >= 0.3 is 0 Å². The molecule has 2 saturated heterocycles. The Morgan fingerprint density at radius 2 is 1.96 bits per heavy atom. The van der Waals surface area contributed by atoms with Crippen LogP contribution in [0.2, 0.25) is 0 Å². The lowest BCUT2D eigenvalue weighted by Gasteiger charge is -2.25. The highest BCUT2D eigenvalue weighted by Gasteiger charge is 2.30. The Labute approximate surface area is 143 Å². The summed E-state index contributed by atoms with van der Waals surface area (Å²) in [6, 6.07) is 0.744. The average molecular weight is 324 g/mol. The normalized spacial score (nSPS) is 23.2. The van der Waals surface area contributed by atoms with E-state index in [1.807, 2.05) is 0 Å². The van der Waals surface area contributed by atoms with Crippen molar-refractivity contribution >= 4 is 5.96 Å². The van der Waals surface area contributed by atoms with Crippen LogP contribution >= 0.6 is 0 Å². The van der Waals surface area contributed by atoms with Crippen molar-refractivity contribution in [2.24, 2.45) is 4.99 Å². The molecule has 0 radical (unpaired) electrons. The van der Waals surface area contributed by atoms with Crippen LogP contribution in [0, 0.1) is 0 Å². The fourth-order valence-corrected chi connectivity index (χ4v) is 3.63. The van der Waals surface area contributed by atoms with Crippen LogP contribution in [0.4, 0.5) is 0 Å². The maximum atomic E-state index is 4.88. The minimum Gasteiger partial charge on any atom is -0.357 e. The first-order valence-electron chi connectivity index (χ1n) is 9.70. The van der Waals surface area contributed by atoms with Gasteiger partial charge < -0.3 is 15.1 Å². The summed E-state index contributed by atoms with van der Waals surface area (Å²) in [7, 11) is 2.21. The lowest BCUT2D eigenvalue weighted by Crippen LogP contribution is -2.43. The van der Waals surface area contributed by atoms with Crippen LogP contribution in [0.3, 0.4) is 0 Å². The third-order valence-electron chi connectivity index (χ3n) is 5.09. The van der Waals surface area contributed by atoms with E-state index in [-0.39, 0.29) is 0 Å². The Kier molecular flexibility index (Phi) is 8.17. The SMILES string of the molecule is CCCCN(C)CCN=C(NCC)N1CCC(N2CCCC2)C1. The van der Waals surface area contributed by atoms with Crippen LogP contribution in [0.15, 0.2) is 4.99 Å². The Balaban J connectivity index is 1.79. The van der Waals surface area contributed by atoms with Crippen molar-refractivity contribution in [1.29, 1.82) is 0 Å². The van der Waals surface area contributed by atoms with Crippen LogP contribution in [0.1, 0.15) is 46.0 Å². The summed E-state index contributed by atoms with van der Waals surface area (Å²) in [5, 5.41) is 3.49. The molecule has 0 bridgehead atoms. The van der Waals surface area contributed by atoms with E-state index in [1.165, 1.54) is 51.7 Å². The van der Waals surface area contributed by atoms with Gasteiger partial charge in [0.15, 0.2) is 5.96 Å². The zero-order valence-corrected chi connectivity index (χ0v) is 15.6. The molecule has 1 atom stereocenters. The molecule has 0 saturated carbocycles. The molecule has 0 aromatic carbocycles. The van der Waals surface area contributed by atoms with Crippen molar-refractivity contribution in [1.82, 2.24) is 20.0 Å². The van der Waals surface area contributed by atoms with E-state index < -0.39 is 0 Å².